The number of amides is 1. The van der Waals surface area contributed by atoms with Crippen LogP contribution in [0.15, 0.2) is 48.5 Å². The van der Waals surface area contributed by atoms with Gasteiger partial charge in [-0.3, -0.25) is 4.79 Å². The van der Waals surface area contributed by atoms with Crippen LogP contribution in [0.3, 0.4) is 0 Å². The van der Waals surface area contributed by atoms with Crippen molar-refractivity contribution in [3.05, 3.63) is 70.5 Å². The van der Waals surface area contributed by atoms with E-state index in [9.17, 15) is 14.0 Å². The van der Waals surface area contributed by atoms with E-state index in [1.165, 1.54) is 13.0 Å². The Balaban J connectivity index is 1.91. The summed E-state index contributed by atoms with van der Waals surface area (Å²) in [6.07, 6.45) is -0.124. The van der Waals surface area contributed by atoms with Gasteiger partial charge in [0.15, 0.2) is 6.10 Å². The summed E-state index contributed by atoms with van der Waals surface area (Å²) in [5.74, 6) is -1.54. The smallest absolute Gasteiger partial charge is 0.340 e. The maximum Gasteiger partial charge on any atom is 0.340 e. The van der Waals surface area contributed by atoms with Gasteiger partial charge in [0.2, 0.25) is 0 Å². The van der Waals surface area contributed by atoms with E-state index >= 15 is 0 Å². The lowest BCUT2D eigenvalue weighted by Crippen LogP contribution is -2.38. The Morgan fingerprint density at radius 3 is 2.50 bits per heavy atom. The average Bonchev–Trinajstić information content (AvgIpc) is 2.62. The second-order valence-corrected chi connectivity index (χ2v) is 6.34. The highest BCUT2D eigenvalue weighted by Gasteiger charge is 2.21. The van der Waals surface area contributed by atoms with Gasteiger partial charge in [0, 0.05) is 12.5 Å². The predicted molar refractivity (Wildman–Crippen MR) is 98.8 cm³/mol. The Morgan fingerprint density at radius 1 is 1.19 bits per heavy atom. The minimum absolute atomic E-state index is 0.0171. The summed E-state index contributed by atoms with van der Waals surface area (Å²) in [5.41, 5.74) is 1.15. The Kier molecular flexibility index (Phi) is 7.16. The van der Waals surface area contributed by atoms with Gasteiger partial charge in [-0.05, 0) is 37.1 Å². The number of esters is 1. The number of carbonyl (C=O) groups is 2. The lowest BCUT2D eigenvalue weighted by molar-refractivity contribution is -0.129. The van der Waals surface area contributed by atoms with E-state index < -0.39 is 23.8 Å². The number of ether oxygens (including phenoxy) is 1. The summed E-state index contributed by atoms with van der Waals surface area (Å²) >= 11 is 5.84. The molecule has 2 aromatic carbocycles. The van der Waals surface area contributed by atoms with Crippen molar-refractivity contribution in [1.82, 2.24) is 5.32 Å². The molecule has 26 heavy (non-hydrogen) atoms. The first kappa shape index (κ1) is 19.9. The molecule has 0 aromatic heterocycles. The second kappa shape index (κ2) is 9.34. The van der Waals surface area contributed by atoms with Crippen molar-refractivity contribution in [2.24, 2.45) is 0 Å². The molecule has 0 spiro atoms. The first-order chi connectivity index (χ1) is 12.4. The van der Waals surface area contributed by atoms with Gasteiger partial charge < -0.3 is 10.1 Å². The third-order valence-corrected chi connectivity index (χ3v) is 4.40. The molecule has 138 valence electrons. The van der Waals surface area contributed by atoms with Gasteiger partial charge in [0.1, 0.15) is 5.82 Å². The van der Waals surface area contributed by atoms with Gasteiger partial charge in [-0.15, -0.1) is 0 Å². The van der Waals surface area contributed by atoms with Crippen LogP contribution in [-0.2, 0) is 9.53 Å². The Labute approximate surface area is 157 Å². The van der Waals surface area contributed by atoms with Crippen molar-refractivity contribution in [3.63, 3.8) is 0 Å². The zero-order valence-corrected chi connectivity index (χ0v) is 15.4. The summed E-state index contributed by atoms with van der Waals surface area (Å²) in [5, 5.41) is 2.75. The molecular formula is C20H21ClFNO3. The van der Waals surface area contributed by atoms with Gasteiger partial charge in [0.05, 0.1) is 10.6 Å². The topological polar surface area (TPSA) is 55.4 Å². The molecule has 0 saturated heterocycles. The fourth-order valence-electron chi connectivity index (χ4n) is 2.52. The normalized spacial score (nSPS) is 12.9. The molecule has 0 unspecified atom stereocenters. The fourth-order valence-corrected chi connectivity index (χ4v) is 2.77. The van der Waals surface area contributed by atoms with Crippen molar-refractivity contribution in [3.8, 4) is 0 Å². The van der Waals surface area contributed by atoms with Crippen LogP contribution in [0.5, 0.6) is 0 Å². The Bertz CT molecular complexity index is 767. The van der Waals surface area contributed by atoms with Crippen molar-refractivity contribution in [2.45, 2.75) is 32.3 Å². The quantitative estimate of drug-likeness (QED) is 0.730. The monoisotopic (exact) mass is 377 g/mol. The third kappa shape index (κ3) is 5.30. The molecule has 0 fully saturated rings. The summed E-state index contributed by atoms with van der Waals surface area (Å²) in [4.78, 5) is 24.3. The third-order valence-electron chi connectivity index (χ3n) is 4.09. The molecule has 1 amide bonds. The molecule has 0 aliphatic carbocycles. The molecule has 1 N–H and O–H groups in total. The number of hydrogen-bond donors (Lipinski definition) is 1. The van der Waals surface area contributed by atoms with Crippen LogP contribution in [0.4, 0.5) is 4.39 Å². The van der Waals surface area contributed by atoms with Crippen molar-refractivity contribution in [2.75, 3.05) is 6.54 Å². The van der Waals surface area contributed by atoms with Gasteiger partial charge in [0.25, 0.3) is 5.91 Å². The number of rotatable bonds is 7. The SMILES string of the molecule is CC[C@@H](CNC(=O)[C@H](C)OC(=O)c1ccc(F)cc1Cl)c1ccccc1. The van der Waals surface area contributed by atoms with Crippen LogP contribution in [0.1, 0.15) is 42.1 Å². The molecule has 0 aliphatic heterocycles. The second-order valence-electron chi connectivity index (χ2n) is 5.93. The first-order valence-electron chi connectivity index (χ1n) is 8.41. The van der Waals surface area contributed by atoms with Gasteiger partial charge in [-0.25, -0.2) is 9.18 Å². The van der Waals surface area contributed by atoms with E-state index in [2.05, 4.69) is 5.32 Å². The summed E-state index contributed by atoms with van der Waals surface area (Å²) < 4.78 is 18.2. The van der Waals surface area contributed by atoms with Crippen molar-refractivity contribution < 1.29 is 18.7 Å². The van der Waals surface area contributed by atoms with Crippen LogP contribution in [0, 0.1) is 5.82 Å². The average molecular weight is 378 g/mol. The maximum atomic E-state index is 13.1. The largest absolute Gasteiger partial charge is 0.449 e. The molecule has 4 nitrogen and oxygen atoms in total. The fraction of sp³-hybridized carbons (Fsp3) is 0.300. The number of benzene rings is 2. The van der Waals surface area contributed by atoms with Crippen molar-refractivity contribution >= 4 is 23.5 Å². The van der Waals surface area contributed by atoms with E-state index in [4.69, 9.17) is 16.3 Å². The maximum absolute atomic E-state index is 13.1. The number of hydrogen-bond acceptors (Lipinski definition) is 3. The molecule has 0 aliphatic rings. The van der Waals surface area contributed by atoms with Crippen LogP contribution in [-0.4, -0.2) is 24.5 Å². The number of carbonyl (C=O) groups excluding carboxylic acids is 2. The molecule has 0 bridgehead atoms. The first-order valence-corrected chi connectivity index (χ1v) is 8.78. The zero-order chi connectivity index (χ0) is 19.1. The minimum atomic E-state index is -0.989. The van der Waals surface area contributed by atoms with E-state index in [0.29, 0.717) is 6.54 Å². The molecular weight excluding hydrogens is 357 g/mol. The zero-order valence-electron chi connectivity index (χ0n) is 14.7. The van der Waals surface area contributed by atoms with Crippen molar-refractivity contribution in [1.29, 1.82) is 0 Å². The van der Waals surface area contributed by atoms with Gasteiger partial charge in [-0.2, -0.15) is 0 Å². The molecule has 2 atom stereocenters. The number of nitrogens with one attached hydrogen (secondary N) is 1. The highest BCUT2D eigenvalue weighted by Crippen LogP contribution is 2.20. The Hall–Kier alpha value is -2.40. The van der Waals surface area contributed by atoms with E-state index in [1.807, 2.05) is 37.3 Å². The summed E-state index contributed by atoms with van der Waals surface area (Å²) in [7, 11) is 0. The van der Waals surface area contributed by atoms with Gasteiger partial charge >= 0.3 is 5.97 Å². The molecule has 0 saturated carbocycles. The van der Waals surface area contributed by atoms with Crippen LogP contribution in [0.2, 0.25) is 5.02 Å². The van der Waals surface area contributed by atoms with Crippen LogP contribution >= 0.6 is 11.6 Å². The highest BCUT2D eigenvalue weighted by atomic mass is 35.5. The predicted octanol–water partition coefficient (Wildman–Crippen LogP) is 4.33. The van der Waals surface area contributed by atoms with E-state index in [0.717, 1.165) is 24.1 Å². The number of halogens is 2. The summed E-state index contributed by atoms with van der Waals surface area (Å²) in [6.45, 7) is 3.97. The molecule has 6 heteroatoms. The van der Waals surface area contributed by atoms with Gasteiger partial charge in [-0.1, -0.05) is 48.9 Å². The Morgan fingerprint density at radius 2 is 1.88 bits per heavy atom. The minimum Gasteiger partial charge on any atom is -0.449 e. The van der Waals surface area contributed by atoms with Crippen LogP contribution < -0.4 is 5.32 Å². The van der Waals surface area contributed by atoms with Crippen LogP contribution in [0.25, 0.3) is 0 Å². The highest BCUT2D eigenvalue weighted by molar-refractivity contribution is 6.33. The lowest BCUT2D eigenvalue weighted by atomic mass is 9.96. The summed E-state index contributed by atoms with van der Waals surface area (Å²) in [6, 6.07) is 13.2. The molecule has 2 rings (SSSR count). The lowest BCUT2D eigenvalue weighted by Gasteiger charge is -2.18. The van der Waals surface area contributed by atoms with E-state index in [-0.39, 0.29) is 16.5 Å². The molecule has 2 aromatic rings. The standard InChI is InChI=1S/C20H21ClFNO3/c1-3-14(15-7-5-4-6-8-15)12-23-19(24)13(2)26-20(25)17-10-9-16(22)11-18(17)21/h4-11,13-14H,3,12H2,1-2H3,(H,23,24)/t13-,14-/m0/s1. The molecule has 0 radical (unpaired) electrons. The molecule has 0 heterocycles. The van der Waals surface area contributed by atoms with E-state index in [1.54, 1.807) is 0 Å².